The van der Waals surface area contributed by atoms with Crippen LogP contribution in [0.1, 0.15) is 22.3 Å². The Hall–Kier alpha value is -4.51. The van der Waals surface area contributed by atoms with Crippen molar-refractivity contribution in [3.05, 3.63) is 89.7 Å². The van der Waals surface area contributed by atoms with E-state index in [9.17, 15) is 18.8 Å². The van der Waals surface area contributed by atoms with E-state index in [-0.39, 0.29) is 23.6 Å². The zero-order valence-electron chi connectivity index (χ0n) is 20.6. The molecular weight excluding hydrogens is 511 g/mol. The second kappa shape index (κ2) is 11.7. The van der Waals surface area contributed by atoms with Gasteiger partial charge in [-0.15, -0.1) is 0 Å². The third-order valence-electron chi connectivity index (χ3n) is 5.83. The van der Waals surface area contributed by atoms with Crippen LogP contribution in [0.4, 0.5) is 10.1 Å². The summed E-state index contributed by atoms with van der Waals surface area (Å²) >= 11 is 5.57. The fourth-order valence-electron chi connectivity index (χ4n) is 3.90. The largest absolute Gasteiger partial charge is 0.497 e. The van der Waals surface area contributed by atoms with Gasteiger partial charge in [0.1, 0.15) is 23.4 Å². The third kappa shape index (κ3) is 6.06. The minimum atomic E-state index is -1.11. The fourth-order valence-corrected chi connectivity index (χ4v) is 4.22. The molecule has 0 aliphatic carbocycles. The van der Waals surface area contributed by atoms with E-state index in [2.05, 4.69) is 10.7 Å². The maximum atomic E-state index is 13.5. The van der Waals surface area contributed by atoms with Crippen LogP contribution in [0.15, 0.2) is 72.8 Å². The molecule has 0 radical (unpaired) electrons. The first kappa shape index (κ1) is 26.6. The number of carbonyl (C=O) groups excluding carboxylic acids is 3. The lowest BCUT2D eigenvalue weighted by Gasteiger charge is -2.24. The van der Waals surface area contributed by atoms with Crippen LogP contribution in [-0.2, 0) is 16.1 Å². The molecule has 1 aliphatic heterocycles. The number of hydrazine groups is 1. The molecule has 11 heteroatoms. The van der Waals surface area contributed by atoms with E-state index in [0.717, 1.165) is 5.56 Å². The number of methoxy groups -OCH3 is 2. The van der Waals surface area contributed by atoms with Crippen molar-refractivity contribution in [1.82, 2.24) is 15.3 Å². The number of carbonyl (C=O) groups is 3. The number of amides is 3. The highest BCUT2D eigenvalue weighted by molar-refractivity contribution is 7.80. The highest BCUT2D eigenvalue weighted by Crippen LogP contribution is 2.25. The van der Waals surface area contributed by atoms with Gasteiger partial charge in [-0.3, -0.25) is 24.7 Å². The second-order valence-electron chi connectivity index (χ2n) is 8.38. The van der Waals surface area contributed by atoms with E-state index < -0.39 is 29.6 Å². The van der Waals surface area contributed by atoms with E-state index in [1.165, 1.54) is 60.5 Å². The highest BCUT2D eigenvalue weighted by atomic mass is 32.1. The molecule has 0 aromatic heterocycles. The number of benzene rings is 3. The smallest absolute Gasteiger partial charge is 0.270 e. The molecule has 1 atom stereocenters. The molecule has 1 saturated heterocycles. The number of nitrogens with one attached hydrogen (secondary N) is 2. The molecule has 0 bridgehead atoms. The van der Waals surface area contributed by atoms with Gasteiger partial charge in [0, 0.05) is 17.3 Å². The Labute approximate surface area is 224 Å². The number of hydrogen-bond donors (Lipinski definition) is 2. The molecule has 1 aliphatic rings. The molecule has 3 amide bonds. The van der Waals surface area contributed by atoms with Gasteiger partial charge in [-0.2, -0.15) is 0 Å². The number of hydrogen-bond acceptors (Lipinski definition) is 6. The van der Waals surface area contributed by atoms with Crippen molar-refractivity contribution >= 4 is 40.7 Å². The Morgan fingerprint density at radius 1 is 0.974 bits per heavy atom. The van der Waals surface area contributed by atoms with Crippen molar-refractivity contribution in [2.45, 2.75) is 19.0 Å². The normalized spacial score (nSPS) is 14.9. The second-order valence-corrected chi connectivity index (χ2v) is 8.74. The number of halogens is 1. The first-order chi connectivity index (χ1) is 18.3. The van der Waals surface area contributed by atoms with Crippen molar-refractivity contribution in [1.29, 1.82) is 0 Å². The average molecular weight is 537 g/mol. The molecule has 9 nitrogen and oxygen atoms in total. The van der Waals surface area contributed by atoms with Crippen LogP contribution < -0.4 is 20.2 Å². The van der Waals surface area contributed by atoms with Gasteiger partial charge in [-0.05, 0) is 54.2 Å². The minimum Gasteiger partial charge on any atom is -0.497 e. The van der Waals surface area contributed by atoms with Crippen LogP contribution in [0, 0.1) is 5.82 Å². The third-order valence-corrected chi connectivity index (χ3v) is 6.24. The van der Waals surface area contributed by atoms with Crippen LogP contribution in [0.2, 0.25) is 0 Å². The first-order valence-electron chi connectivity index (χ1n) is 11.6. The zero-order valence-corrected chi connectivity index (χ0v) is 21.5. The van der Waals surface area contributed by atoms with Crippen molar-refractivity contribution in [2.24, 2.45) is 0 Å². The van der Waals surface area contributed by atoms with E-state index in [4.69, 9.17) is 21.7 Å². The summed E-state index contributed by atoms with van der Waals surface area (Å²) < 4.78 is 23.7. The van der Waals surface area contributed by atoms with Crippen molar-refractivity contribution in [3.63, 3.8) is 0 Å². The van der Waals surface area contributed by atoms with Gasteiger partial charge in [0.15, 0.2) is 5.11 Å². The summed E-state index contributed by atoms with van der Waals surface area (Å²) in [6.45, 7) is 0.161. The van der Waals surface area contributed by atoms with Crippen molar-refractivity contribution < 1.29 is 28.2 Å². The molecule has 1 unspecified atom stereocenters. The SMILES string of the molecule is COc1cc(OC)cc(C(=O)NN2C(=S)N(Cc3ccccc3)C(=O)C2CC(=O)Nc2ccc(F)cc2)c1. The highest BCUT2D eigenvalue weighted by Gasteiger charge is 2.44. The van der Waals surface area contributed by atoms with E-state index >= 15 is 0 Å². The predicted octanol–water partition coefficient (Wildman–Crippen LogP) is 3.51. The van der Waals surface area contributed by atoms with Crippen molar-refractivity contribution in [2.75, 3.05) is 19.5 Å². The van der Waals surface area contributed by atoms with E-state index in [1.807, 2.05) is 30.3 Å². The van der Waals surface area contributed by atoms with E-state index in [0.29, 0.717) is 17.2 Å². The van der Waals surface area contributed by atoms with Gasteiger partial charge >= 0.3 is 0 Å². The summed E-state index contributed by atoms with van der Waals surface area (Å²) in [4.78, 5) is 40.9. The molecule has 3 aromatic carbocycles. The Bertz CT molecular complexity index is 1330. The number of anilines is 1. The van der Waals surface area contributed by atoms with Gasteiger partial charge in [-0.25, -0.2) is 9.40 Å². The van der Waals surface area contributed by atoms with Gasteiger partial charge in [0.05, 0.1) is 27.2 Å². The molecular formula is C27H25FN4O5S. The maximum absolute atomic E-state index is 13.5. The number of thiocarbonyl (C=S) groups is 1. The number of nitrogens with zero attached hydrogens (tertiary/aromatic N) is 2. The fraction of sp³-hybridized carbons (Fsp3) is 0.185. The lowest BCUT2D eigenvalue weighted by atomic mass is 10.1. The average Bonchev–Trinajstić information content (AvgIpc) is 3.13. The summed E-state index contributed by atoms with van der Waals surface area (Å²) in [6.07, 6.45) is -0.316. The summed E-state index contributed by atoms with van der Waals surface area (Å²) in [5, 5.41) is 3.90. The Morgan fingerprint density at radius 2 is 1.61 bits per heavy atom. The summed E-state index contributed by atoms with van der Waals surface area (Å²) in [7, 11) is 2.92. The monoisotopic (exact) mass is 536 g/mol. The van der Waals surface area contributed by atoms with Crippen LogP contribution >= 0.6 is 12.2 Å². The van der Waals surface area contributed by atoms with E-state index in [1.54, 1.807) is 6.07 Å². The molecule has 0 saturated carbocycles. The lowest BCUT2D eigenvalue weighted by Crippen LogP contribution is -2.49. The molecule has 1 fully saturated rings. The minimum absolute atomic E-state index is 0.0432. The van der Waals surface area contributed by atoms with Crippen LogP contribution in [0.3, 0.4) is 0 Å². The Balaban J connectivity index is 1.58. The quantitative estimate of drug-likeness (QED) is 0.404. The Morgan fingerprint density at radius 3 is 2.21 bits per heavy atom. The summed E-state index contributed by atoms with van der Waals surface area (Å²) in [5.41, 5.74) is 4.06. The van der Waals surface area contributed by atoms with Gasteiger partial charge in [0.25, 0.3) is 11.8 Å². The molecule has 196 valence electrons. The topological polar surface area (TPSA) is 100 Å². The van der Waals surface area contributed by atoms with Crippen LogP contribution in [0.5, 0.6) is 11.5 Å². The van der Waals surface area contributed by atoms with Crippen LogP contribution in [-0.4, -0.2) is 53.0 Å². The molecule has 1 heterocycles. The first-order valence-corrected chi connectivity index (χ1v) is 12.0. The van der Waals surface area contributed by atoms with Crippen LogP contribution in [0.25, 0.3) is 0 Å². The summed E-state index contributed by atoms with van der Waals surface area (Å²) in [5.74, 6) is -1.19. The molecule has 4 rings (SSSR count). The molecule has 0 spiro atoms. The Kier molecular flexibility index (Phi) is 8.17. The summed E-state index contributed by atoms with van der Waals surface area (Å²) in [6, 6.07) is 18.0. The van der Waals surface area contributed by atoms with Crippen molar-refractivity contribution in [3.8, 4) is 11.5 Å². The lowest BCUT2D eigenvalue weighted by molar-refractivity contribution is -0.131. The number of ether oxygens (including phenoxy) is 2. The maximum Gasteiger partial charge on any atom is 0.270 e. The standard InChI is InChI=1S/C27H25FN4O5S/c1-36-21-12-18(13-22(14-21)37-2)25(34)30-32-23(15-24(33)29-20-10-8-19(28)9-11-20)26(35)31(27(32)38)16-17-6-4-3-5-7-17/h3-14,23H,15-16H2,1-2H3,(H,29,33)(H,30,34). The van der Waals surface area contributed by atoms with Gasteiger partial charge in [0.2, 0.25) is 5.91 Å². The molecule has 38 heavy (non-hydrogen) atoms. The molecule has 2 N–H and O–H groups in total. The molecule has 3 aromatic rings. The van der Waals surface area contributed by atoms with Gasteiger partial charge in [-0.1, -0.05) is 30.3 Å². The van der Waals surface area contributed by atoms with Gasteiger partial charge < -0.3 is 14.8 Å². The predicted molar refractivity (Wildman–Crippen MR) is 142 cm³/mol. The zero-order chi connectivity index (χ0) is 27.2. The number of rotatable bonds is 9.